The number of fused-ring (bicyclic) bond motifs is 3. The van der Waals surface area contributed by atoms with Gasteiger partial charge in [0.25, 0.3) is 5.56 Å². The first-order valence-corrected chi connectivity index (χ1v) is 7.28. The highest BCUT2D eigenvalue weighted by atomic mass is 35.5. The van der Waals surface area contributed by atoms with Gasteiger partial charge in [0.15, 0.2) is 0 Å². The topological polar surface area (TPSA) is 45.8 Å². The van der Waals surface area contributed by atoms with E-state index < -0.39 is 0 Å². The molecule has 0 bridgehead atoms. The minimum Gasteiger partial charge on any atom is -0.321 e. The van der Waals surface area contributed by atoms with Gasteiger partial charge in [0.1, 0.15) is 5.15 Å². The molecule has 0 aliphatic carbocycles. The molecule has 4 heteroatoms. The van der Waals surface area contributed by atoms with E-state index in [0.29, 0.717) is 5.39 Å². The number of aromatic amines is 1. The number of hydrogen-bond donors (Lipinski definition) is 1. The van der Waals surface area contributed by atoms with E-state index >= 15 is 0 Å². The maximum atomic E-state index is 12.4. The van der Waals surface area contributed by atoms with Crippen molar-refractivity contribution in [3.8, 4) is 11.1 Å². The lowest BCUT2D eigenvalue weighted by Crippen LogP contribution is -2.08. The second-order valence-corrected chi connectivity index (χ2v) is 5.44. The maximum Gasteiger partial charge on any atom is 0.259 e. The molecule has 2 heterocycles. The van der Waals surface area contributed by atoms with Crippen molar-refractivity contribution in [3.05, 3.63) is 76.3 Å². The number of nitrogens with zero attached hydrogens (tertiary/aromatic N) is 1. The van der Waals surface area contributed by atoms with Crippen LogP contribution in [0.5, 0.6) is 0 Å². The fourth-order valence-corrected chi connectivity index (χ4v) is 3.04. The van der Waals surface area contributed by atoms with Crippen LogP contribution in [0, 0.1) is 0 Å². The molecule has 1 N–H and O–H groups in total. The van der Waals surface area contributed by atoms with Crippen LogP contribution >= 0.6 is 11.6 Å². The van der Waals surface area contributed by atoms with Gasteiger partial charge in [-0.1, -0.05) is 60.1 Å². The Balaban J connectivity index is 2.29. The minimum absolute atomic E-state index is 0.219. The Morgan fingerprint density at radius 3 is 2.45 bits per heavy atom. The van der Waals surface area contributed by atoms with E-state index in [1.165, 1.54) is 0 Å². The van der Waals surface area contributed by atoms with Gasteiger partial charge < -0.3 is 4.98 Å². The molecule has 0 fully saturated rings. The Hall–Kier alpha value is -2.65. The van der Waals surface area contributed by atoms with Crippen molar-refractivity contribution in [1.82, 2.24) is 9.97 Å². The molecule has 3 nitrogen and oxygen atoms in total. The normalized spacial score (nSPS) is 11.1. The molecule has 0 unspecified atom stereocenters. The predicted molar refractivity (Wildman–Crippen MR) is 90.3 cm³/mol. The summed E-state index contributed by atoms with van der Waals surface area (Å²) >= 11 is 6.19. The first-order valence-electron chi connectivity index (χ1n) is 6.90. The molecule has 4 rings (SSSR count). The predicted octanol–water partition coefficient (Wildman–Crippen LogP) is 4.40. The summed E-state index contributed by atoms with van der Waals surface area (Å²) in [6.45, 7) is 0. The van der Waals surface area contributed by atoms with Gasteiger partial charge >= 0.3 is 0 Å². The molecule has 2 aromatic carbocycles. The van der Waals surface area contributed by atoms with Crippen LogP contribution in [0.4, 0.5) is 0 Å². The van der Waals surface area contributed by atoms with E-state index in [2.05, 4.69) is 9.97 Å². The zero-order chi connectivity index (χ0) is 15.1. The fourth-order valence-electron chi connectivity index (χ4n) is 2.81. The van der Waals surface area contributed by atoms with Gasteiger partial charge in [-0.25, -0.2) is 4.98 Å². The Labute approximate surface area is 131 Å². The molecule has 106 valence electrons. The number of H-pyrrole nitrogens is 1. The molecule has 0 saturated heterocycles. The molecule has 4 aromatic rings. The third-order valence-corrected chi connectivity index (χ3v) is 4.08. The van der Waals surface area contributed by atoms with Gasteiger partial charge in [-0.2, -0.15) is 0 Å². The molecule has 0 saturated carbocycles. The molecule has 0 aliphatic heterocycles. The van der Waals surface area contributed by atoms with Crippen molar-refractivity contribution in [2.24, 2.45) is 0 Å². The van der Waals surface area contributed by atoms with E-state index in [9.17, 15) is 4.79 Å². The van der Waals surface area contributed by atoms with Crippen LogP contribution in [0.25, 0.3) is 32.8 Å². The highest BCUT2D eigenvalue weighted by molar-refractivity contribution is 6.35. The van der Waals surface area contributed by atoms with E-state index in [0.717, 1.165) is 27.4 Å². The zero-order valence-corrected chi connectivity index (χ0v) is 12.3. The van der Waals surface area contributed by atoms with E-state index in [4.69, 9.17) is 11.6 Å². The largest absolute Gasteiger partial charge is 0.321 e. The maximum absolute atomic E-state index is 12.4. The van der Waals surface area contributed by atoms with Gasteiger partial charge in [-0.15, -0.1) is 0 Å². The average molecular weight is 307 g/mol. The number of para-hydroxylation sites is 1. The van der Waals surface area contributed by atoms with Crippen LogP contribution in [0.2, 0.25) is 5.15 Å². The number of aromatic nitrogens is 2. The minimum atomic E-state index is -0.219. The first kappa shape index (κ1) is 13.0. The van der Waals surface area contributed by atoms with Crippen LogP contribution in [0.3, 0.4) is 0 Å². The summed E-state index contributed by atoms with van der Waals surface area (Å²) in [6.07, 6.45) is 1.73. The van der Waals surface area contributed by atoms with Crippen molar-refractivity contribution < 1.29 is 0 Å². The number of nitrogens with one attached hydrogen (secondary N) is 1. The van der Waals surface area contributed by atoms with Crippen molar-refractivity contribution in [2.75, 3.05) is 0 Å². The van der Waals surface area contributed by atoms with Crippen LogP contribution in [0.1, 0.15) is 0 Å². The van der Waals surface area contributed by atoms with Gasteiger partial charge in [-0.05, 0) is 11.6 Å². The van der Waals surface area contributed by atoms with Gasteiger partial charge in [0.05, 0.1) is 5.39 Å². The number of benzene rings is 2. The van der Waals surface area contributed by atoms with Crippen LogP contribution < -0.4 is 5.56 Å². The van der Waals surface area contributed by atoms with Gasteiger partial charge in [0.2, 0.25) is 0 Å². The second kappa shape index (κ2) is 4.97. The Morgan fingerprint density at radius 2 is 1.64 bits per heavy atom. The Morgan fingerprint density at radius 1 is 0.909 bits per heavy atom. The Bertz CT molecular complexity index is 1060. The van der Waals surface area contributed by atoms with Gasteiger partial charge in [-0.3, -0.25) is 4.79 Å². The lowest BCUT2D eigenvalue weighted by Gasteiger charge is -2.10. The van der Waals surface area contributed by atoms with Crippen LogP contribution in [0.15, 0.2) is 65.6 Å². The highest BCUT2D eigenvalue weighted by Crippen LogP contribution is 2.33. The molecular formula is C18H11ClN2O. The quantitative estimate of drug-likeness (QED) is 0.418. The van der Waals surface area contributed by atoms with Crippen molar-refractivity contribution >= 4 is 33.3 Å². The second-order valence-electron chi connectivity index (χ2n) is 5.08. The summed E-state index contributed by atoms with van der Waals surface area (Å²) in [5, 5.41) is 2.45. The number of hydrogen-bond acceptors (Lipinski definition) is 2. The first-order chi connectivity index (χ1) is 10.8. The SMILES string of the molecule is O=c1[nH]c2ccccc2c2c(-c3ccccc3)cnc(Cl)c12. The summed E-state index contributed by atoms with van der Waals surface area (Å²) in [6, 6.07) is 17.6. The number of halogens is 1. The molecule has 0 atom stereocenters. The fraction of sp³-hybridized carbons (Fsp3) is 0. The molecule has 0 amide bonds. The van der Waals surface area contributed by atoms with E-state index in [1.807, 2.05) is 54.6 Å². The summed E-state index contributed by atoms with van der Waals surface area (Å²) in [7, 11) is 0. The third-order valence-electron chi connectivity index (χ3n) is 3.79. The lowest BCUT2D eigenvalue weighted by molar-refractivity contribution is 1.30. The molecular weight excluding hydrogens is 296 g/mol. The molecule has 22 heavy (non-hydrogen) atoms. The molecule has 2 aromatic heterocycles. The summed E-state index contributed by atoms with van der Waals surface area (Å²) in [5.41, 5.74) is 2.48. The lowest BCUT2D eigenvalue weighted by atomic mass is 9.98. The monoisotopic (exact) mass is 306 g/mol. The Kier molecular flexibility index (Phi) is 2.94. The smallest absolute Gasteiger partial charge is 0.259 e. The summed E-state index contributed by atoms with van der Waals surface area (Å²) < 4.78 is 0. The summed E-state index contributed by atoms with van der Waals surface area (Å²) in [4.78, 5) is 19.5. The van der Waals surface area contributed by atoms with Crippen LogP contribution in [-0.2, 0) is 0 Å². The standard InChI is InChI=1S/C18H11ClN2O/c19-17-16-15(12-8-4-5-9-14(12)21-18(16)22)13(10-20-17)11-6-2-1-3-7-11/h1-10H,(H,21,22). The van der Waals surface area contributed by atoms with Crippen molar-refractivity contribution in [2.45, 2.75) is 0 Å². The van der Waals surface area contributed by atoms with Crippen LogP contribution in [-0.4, -0.2) is 9.97 Å². The average Bonchev–Trinajstić information content (AvgIpc) is 2.56. The number of pyridine rings is 2. The molecule has 0 aliphatic rings. The third kappa shape index (κ3) is 1.90. The molecule has 0 spiro atoms. The van der Waals surface area contributed by atoms with Crippen molar-refractivity contribution in [3.63, 3.8) is 0 Å². The number of rotatable bonds is 1. The molecule has 0 radical (unpaired) electrons. The summed E-state index contributed by atoms with van der Waals surface area (Å²) in [5.74, 6) is 0. The van der Waals surface area contributed by atoms with Crippen molar-refractivity contribution in [1.29, 1.82) is 0 Å². The van der Waals surface area contributed by atoms with Gasteiger partial charge in [0, 0.05) is 28.0 Å². The van der Waals surface area contributed by atoms with E-state index in [-0.39, 0.29) is 10.7 Å². The zero-order valence-electron chi connectivity index (χ0n) is 11.5. The van der Waals surface area contributed by atoms with E-state index in [1.54, 1.807) is 6.20 Å². The highest BCUT2D eigenvalue weighted by Gasteiger charge is 2.14.